The highest BCUT2D eigenvalue weighted by atomic mass is 19.1. The van der Waals surface area contributed by atoms with Crippen LogP contribution in [0.4, 0.5) is 13.2 Å². The molecule has 154 valence electrons. The van der Waals surface area contributed by atoms with Crippen molar-refractivity contribution >= 4 is 11.8 Å². The zero-order chi connectivity index (χ0) is 21.0. The molecule has 29 heavy (non-hydrogen) atoms. The summed E-state index contributed by atoms with van der Waals surface area (Å²) in [6.45, 7) is 0.401. The first-order chi connectivity index (χ1) is 13.8. The van der Waals surface area contributed by atoms with Gasteiger partial charge in [-0.05, 0) is 49.2 Å². The van der Waals surface area contributed by atoms with E-state index in [1.165, 1.54) is 35.2 Å². The molecular weight excluding hydrogens is 385 g/mol. The summed E-state index contributed by atoms with van der Waals surface area (Å²) in [7, 11) is 0. The predicted octanol–water partition coefficient (Wildman–Crippen LogP) is 3.28. The second kappa shape index (κ2) is 8.55. The molecule has 1 saturated heterocycles. The number of carbonyl (C=O) groups is 2. The van der Waals surface area contributed by atoms with Crippen LogP contribution in [0.3, 0.4) is 0 Å². The summed E-state index contributed by atoms with van der Waals surface area (Å²) in [6, 6.07) is 8.62. The van der Waals surface area contributed by atoms with Gasteiger partial charge in [0.25, 0.3) is 5.91 Å². The fraction of sp³-hybridized carbons (Fsp3) is 0.333. The number of piperidine rings is 1. The summed E-state index contributed by atoms with van der Waals surface area (Å²) in [5.41, 5.74) is 3.98. The smallest absolute Gasteiger partial charge is 0.259 e. The van der Waals surface area contributed by atoms with E-state index < -0.39 is 40.2 Å². The molecule has 1 aliphatic heterocycles. The Hall–Kier alpha value is -3.03. The monoisotopic (exact) mass is 406 g/mol. The number of hydrogen-bond acceptors (Lipinski definition) is 3. The zero-order valence-corrected chi connectivity index (χ0v) is 15.7. The molecule has 2 N–H and O–H groups in total. The number of rotatable bonds is 6. The molecule has 0 aliphatic carbocycles. The number of benzene rings is 2. The molecule has 2 aromatic carbocycles. The van der Waals surface area contributed by atoms with Gasteiger partial charge in [-0.3, -0.25) is 9.59 Å². The van der Waals surface area contributed by atoms with Crippen molar-refractivity contribution in [1.29, 1.82) is 0 Å². The first-order valence-electron chi connectivity index (χ1n) is 9.20. The number of hydrogen-bond donors (Lipinski definition) is 1. The van der Waals surface area contributed by atoms with Crippen LogP contribution in [0.1, 0.15) is 29.6 Å². The average molecular weight is 406 g/mol. The fourth-order valence-electron chi connectivity index (χ4n) is 3.69. The molecule has 1 heterocycles. The van der Waals surface area contributed by atoms with Crippen molar-refractivity contribution in [2.24, 2.45) is 11.1 Å². The van der Waals surface area contributed by atoms with E-state index in [1.54, 1.807) is 0 Å². The van der Waals surface area contributed by atoms with E-state index in [2.05, 4.69) is 0 Å². The number of nitrogens with two attached hydrogens (primary N) is 1. The first-order valence-corrected chi connectivity index (χ1v) is 9.20. The van der Waals surface area contributed by atoms with Gasteiger partial charge in [0.2, 0.25) is 5.91 Å². The van der Waals surface area contributed by atoms with Crippen LogP contribution >= 0.6 is 0 Å². The van der Waals surface area contributed by atoms with Crippen LogP contribution < -0.4 is 10.5 Å². The van der Waals surface area contributed by atoms with Gasteiger partial charge in [0.05, 0.1) is 6.61 Å². The Bertz CT molecular complexity index is 884. The van der Waals surface area contributed by atoms with Gasteiger partial charge in [-0.2, -0.15) is 0 Å². The number of nitrogens with zero attached hydrogens (tertiary/aromatic N) is 1. The second-order valence-electron chi connectivity index (χ2n) is 7.31. The number of likely N-dealkylation sites (tertiary alicyclic amines) is 1. The molecule has 1 unspecified atom stereocenters. The highest BCUT2D eigenvalue weighted by Crippen LogP contribution is 2.35. The Morgan fingerprint density at radius 2 is 1.72 bits per heavy atom. The van der Waals surface area contributed by atoms with Crippen LogP contribution in [0.15, 0.2) is 42.5 Å². The maximum Gasteiger partial charge on any atom is 0.259 e. The van der Waals surface area contributed by atoms with Crippen molar-refractivity contribution < 1.29 is 27.5 Å². The maximum atomic E-state index is 14.0. The van der Waals surface area contributed by atoms with Gasteiger partial charge < -0.3 is 15.4 Å². The quantitative estimate of drug-likeness (QED) is 0.800. The molecule has 3 rings (SSSR count). The standard InChI is InChI=1S/C21H21F3N2O3/c22-14-5-7-15(8-6-14)29-13-21(11-18(25)27)9-2-10-26(12-21)20(28)19-16(23)3-1-4-17(19)24/h1,3-8H,2,9-13H2,(H2,25,27). The Morgan fingerprint density at radius 3 is 2.34 bits per heavy atom. The van der Waals surface area contributed by atoms with Gasteiger partial charge >= 0.3 is 0 Å². The van der Waals surface area contributed by atoms with Crippen LogP contribution in [-0.4, -0.2) is 36.4 Å². The van der Waals surface area contributed by atoms with Gasteiger partial charge in [-0.25, -0.2) is 13.2 Å². The first kappa shape index (κ1) is 20.7. The third-order valence-electron chi connectivity index (χ3n) is 5.03. The Kier molecular flexibility index (Phi) is 6.10. The molecule has 0 radical (unpaired) electrons. The molecule has 2 amide bonds. The summed E-state index contributed by atoms with van der Waals surface area (Å²) < 4.78 is 46.9. The van der Waals surface area contributed by atoms with Crippen LogP contribution in [0.2, 0.25) is 0 Å². The number of ether oxygens (including phenoxy) is 1. The summed E-state index contributed by atoms with van der Waals surface area (Å²) in [6.07, 6.45) is 1.00. The molecule has 0 aromatic heterocycles. The molecule has 1 aliphatic rings. The minimum Gasteiger partial charge on any atom is -0.493 e. The van der Waals surface area contributed by atoms with Crippen LogP contribution in [0, 0.1) is 22.9 Å². The van der Waals surface area contributed by atoms with Gasteiger partial charge in [0, 0.05) is 24.9 Å². The minimum absolute atomic E-state index is 0.0467. The summed E-state index contributed by atoms with van der Waals surface area (Å²) in [4.78, 5) is 25.8. The predicted molar refractivity (Wildman–Crippen MR) is 99.6 cm³/mol. The van der Waals surface area contributed by atoms with Gasteiger partial charge in [0.15, 0.2) is 0 Å². The third-order valence-corrected chi connectivity index (χ3v) is 5.03. The largest absolute Gasteiger partial charge is 0.493 e. The minimum atomic E-state index is -0.941. The Balaban J connectivity index is 1.80. The van der Waals surface area contributed by atoms with E-state index in [0.717, 1.165) is 12.1 Å². The lowest BCUT2D eigenvalue weighted by Crippen LogP contribution is -2.50. The lowest BCUT2D eigenvalue weighted by Gasteiger charge is -2.42. The van der Waals surface area contributed by atoms with E-state index in [-0.39, 0.29) is 19.6 Å². The second-order valence-corrected chi connectivity index (χ2v) is 7.31. The lowest BCUT2D eigenvalue weighted by atomic mass is 9.77. The van der Waals surface area contributed by atoms with E-state index >= 15 is 0 Å². The molecule has 0 bridgehead atoms. The van der Waals surface area contributed by atoms with E-state index in [4.69, 9.17) is 10.5 Å². The molecule has 2 aromatic rings. The third kappa shape index (κ3) is 4.88. The van der Waals surface area contributed by atoms with E-state index in [0.29, 0.717) is 25.1 Å². The lowest BCUT2D eigenvalue weighted by molar-refractivity contribution is -0.122. The SMILES string of the molecule is NC(=O)CC1(COc2ccc(F)cc2)CCCN(C(=O)c2c(F)cccc2F)C1. The summed E-state index contributed by atoms with van der Waals surface area (Å²) in [5.74, 6) is -3.24. The normalized spacial score (nSPS) is 19.1. The number of primary amides is 1. The highest BCUT2D eigenvalue weighted by Gasteiger charge is 2.40. The van der Waals surface area contributed by atoms with Crippen molar-refractivity contribution in [3.8, 4) is 5.75 Å². The summed E-state index contributed by atoms with van der Waals surface area (Å²) >= 11 is 0. The number of carbonyl (C=O) groups excluding carboxylic acids is 2. The van der Waals surface area contributed by atoms with Crippen molar-refractivity contribution in [1.82, 2.24) is 4.90 Å². The van der Waals surface area contributed by atoms with E-state index in [9.17, 15) is 22.8 Å². The Morgan fingerprint density at radius 1 is 1.07 bits per heavy atom. The zero-order valence-electron chi connectivity index (χ0n) is 15.7. The molecule has 8 heteroatoms. The molecule has 5 nitrogen and oxygen atoms in total. The molecule has 1 atom stereocenters. The number of halogens is 3. The molecule has 0 saturated carbocycles. The average Bonchev–Trinajstić information content (AvgIpc) is 2.67. The van der Waals surface area contributed by atoms with Crippen molar-refractivity contribution in [3.05, 3.63) is 65.5 Å². The molecule has 0 spiro atoms. The Labute approximate surface area is 166 Å². The van der Waals surface area contributed by atoms with Crippen molar-refractivity contribution in [2.45, 2.75) is 19.3 Å². The molecule has 1 fully saturated rings. The number of amides is 2. The van der Waals surface area contributed by atoms with Gasteiger partial charge in [-0.1, -0.05) is 6.07 Å². The van der Waals surface area contributed by atoms with Crippen LogP contribution in [0.25, 0.3) is 0 Å². The van der Waals surface area contributed by atoms with Gasteiger partial charge in [0.1, 0.15) is 28.8 Å². The van der Waals surface area contributed by atoms with Crippen molar-refractivity contribution in [3.63, 3.8) is 0 Å². The van der Waals surface area contributed by atoms with E-state index in [1.807, 2.05) is 0 Å². The maximum absolute atomic E-state index is 14.0. The summed E-state index contributed by atoms with van der Waals surface area (Å²) in [5, 5.41) is 0. The fourth-order valence-corrected chi connectivity index (χ4v) is 3.69. The van der Waals surface area contributed by atoms with Gasteiger partial charge in [-0.15, -0.1) is 0 Å². The van der Waals surface area contributed by atoms with Crippen LogP contribution in [-0.2, 0) is 4.79 Å². The molecular formula is C21H21F3N2O3. The topological polar surface area (TPSA) is 72.6 Å². The van der Waals surface area contributed by atoms with Crippen molar-refractivity contribution in [2.75, 3.05) is 19.7 Å². The highest BCUT2D eigenvalue weighted by molar-refractivity contribution is 5.95. The van der Waals surface area contributed by atoms with Crippen LogP contribution in [0.5, 0.6) is 5.75 Å².